The molecule has 0 radical (unpaired) electrons. The van der Waals surface area contributed by atoms with Gasteiger partial charge in [-0.25, -0.2) is 4.79 Å². The lowest BCUT2D eigenvalue weighted by Gasteiger charge is -2.44. The van der Waals surface area contributed by atoms with Crippen molar-refractivity contribution in [2.45, 2.75) is 103 Å². The highest BCUT2D eigenvalue weighted by molar-refractivity contribution is 5.93. The molecule has 3 amide bonds. The van der Waals surface area contributed by atoms with Crippen molar-refractivity contribution in [2.24, 2.45) is 0 Å². The number of terminal acetylenes is 1. The minimum Gasteiger partial charge on any atom is -0.508 e. The van der Waals surface area contributed by atoms with E-state index in [2.05, 4.69) is 16.6 Å². The van der Waals surface area contributed by atoms with Crippen LogP contribution in [0.5, 0.6) is 5.75 Å². The fraction of sp³-hybridized carbons (Fsp3) is 0.485. The molecule has 3 unspecified atom stereocenters. The number of nitrogens with zero attached hydrogens (tertiary/aromatic N) is 1. The zero-order chi connectivity index (χ0) is 30.2. The van der Waals surface area contributed by atoms with Crippen LogP contribution >= 0.6 is 0 Å². The second kappa shape index (κ2) is 14.1. The van der Waals surface area contributed by atoms with Crippen LogP contribution < -0.4 is 10.6 Å². The summed E-state index contributed by atoms with van der Waals surface area (Å²) in [5.41, 5.74) is 1.06. The number of nitrogens with one attached hydrogen (secondary N) is 2. The molecule has 3 rings (SSSR count). The lowest BCUT2D eigenvalue weighted by Crippen LogP contribution is -2.58. The molecule has 0 bridgehead atoms. The van der Waals surface area contributed by atoms with Crippen molar-refractivity contribution in [1.29, 1.82) is 0 Å². The largest absolute Gasteiger partial charge is 0.508 e. The molecule has 1 saturated carbocycles. The Morgan fingerprint density at radius 2 is 1.76 bits per heavy atom. The summed E-state index contributed by atoms with van der Waals surface area (Å²) in [5.74, 6) is 2.06. The van der Waals surface area contributed by atoms with Gasteiger partial charge in [0.15, 0.2) is 0 Å². The minimum atomic E-state index is -1.03. The van der Waals surface area contributed by atoms with Crippen molar-refractivity contribution < 1.29 is 24.2 Å². The van der Waals surface area contributed by atoms with Crippen LogP contribution in [-0.2, 0) is 20.7 Å². The lowest BCUT2D eigenvalue weighted by atomic mass is 9.86. The second-order valence-electron chi connectivity index (χ2n) is 11.7. The molecular formula is C33H43N3O5. The van der Waals surface area contributed by atoms with E-state index in [0.29, 0.717) is 11.1 Å². The van der Waals surface area contributed by atoms with Crippen LogP contribution in [0.2, 0.25) is 0 Å². The molecule has 3 atom stereocenters. The monoisotopic (exact) mass is 561 g/mol. The Labute approximate surface area is 243 Å². The van der Waals surface area contributed by atoms with Gasteiger partial charge in [-0.3, -0.25) is 9.59 Å². The van der Waals surface area contributed by atoms with Crippen molar-refractivity contribution in [1.82, 2.24) is 15.5 Å². The van der Waals surface area contributed by atoms with Crippen LogP contribution in [0.4, 0.5) is 4.79 Å². The first-order chi connectivity index (χ1) is 19.4. The third-order valence-electron chi connectivity index (χ3n) is 7.14. The number of amides is 3. The Morgan fingerprint density at radius 3 is 2.32 bits per heavy atom. The van der Waals surface area contributed by atoms with Crippen molar-refractivity contribution in [3.8, 4) is 18.1 Å². The van der Waals surface area contributed by atoms with Gasteiger partial charge in [-0.05, 0) is 82.7 Å². The average molecular weight is 562 g/mol. The number of benzene rings is 2. The summed E-state index contributed by atoms with van der Waals surface area (Å²) < 4.78 is 5.50. The maximum absolute atomic E-state index is 14.6. The van der Waals surface area contributed by atoms with Gasteiger partial charge in [0.1, 0.15) is 23.4 Å². The van der Waals surface area contributed by atoms with Gasteiger partial charge in [0.05, 0.1) is 0 Å². The van der Waals surface area contributed by atoms with E-state index in [4.69, 9.17) is 11.2 Å². The molecule has 0 aromatic heterocycles. The predicted octanol–water partition coefficient (Wildman–Crippen LogP) is 5.24. The van der Waals surface area contributed by atoms with Crippen LogP contribution in [0.1, 0.15) is 89.5 Å². The van der Waals surface area contributed by atoms with E-state index < -0.39 is 29.7 Å². The number of rotatable bonds is 11. The summed E-state index contributed by atoms with van der Waals surface area (Å²) >= 11 is 0. The first kappa shape index (κ1) is 31.5. The minimum absolute atomic E-state index is 0.0941. The summed E-state index contributed by atoms with van der Waals surface area (Å²) in [4.78, 5) is 43.1. The molecule has 0 spiro atoms. The number of alkyl carbamates (subject to hydrolysis) is 1. The molecule has 8 heteroatoms. The molecule has 0 heterocycles. The number of phenols is 1. The Balaban J connectivity index is 2.08. The zero-order valence-corrected chi connectivity index (χ0v) is 24.8. The normalized spacial score (nSPS) is 15.4. The van der Waals surface area contributed by atoms with Crippen LogP contribution in [0.15, 0.2) is 48.5 Å². The smallest absolute Gasteiger partial charge is 0.408 e. The molecule has 2 aromatic rings. The molecule has 0 saturated heterocycles. The molecule has 1 aliphatic rings. The van der Waals surface area contributed by atoms with Crippen LogP contribution in [0.25, 0.3) is 0 Å². The second-order valence-corrected chi connectivity index (χ2v) is 11.7. The fourth-order valence-electron chi connectivity index (χ4n) is 4.99. The molecule has 3 N–H and O–H groups in total. The molecule has 2 aromatic carbocycles. The molecule has 41 heavy (non-hydrogen) atoms. The van der Waals surface area contributed by atoms with Gasteiger partial charge < -0.3 is 25.4 Å². The summed E-state index contributed by atoms with van der Waals surface area (Å²) in [7, 11) is 0. The van der Waals surface area contributed by atoms with Crippen LogP contribution in [0, 0.1) is 12.3 Å². The van der Waals surface area contributed by atoms with Crippen molar-refractivity contribution in [2.75, 3.05) is 0 Å². The summed E-state index contributed by atoms with van der Waals surface area (Å²) in [5, 5.41) is 15.6. The third-order valence-corrected chi connectivity index (χ3v) is 7.14. The summed E-state index contributed by atoms with van der Waals surface area (Å²) in [6.07, 6.45) is 9.34. The van der Waals surface area contributed by atoms with E-state index in [1.54, 1.807) is 56.0 Å². The number of hydrogen-bond donors (Lipinski definition) is 3. The summed E-state index contributed by atoms with van der Waals surface area (Å²) in [6, 6.07) is 11.3. The maximum atomic E-state index is 14.6. The molecule has 1 aliphatic carbocycles. The Morgan fingerprint density at radius 1 is 1.10 bits per heavy atom. The van der Waals surface area contributed by atoms with Crippen LogP contribution in [0.3, 0.4) is 0 Å². The summed E-state index contributed by atoms with van der Waals surface area (Å²) in [6.45, 7) is 9.24. The average Bonchev–Trinajstić information content (AvgIpc) is 2.87. The van der Waals surface area contributed by atoms with E-state index in [0.717, 1.165) is 37.7 Å². The highest BCUT2D eigenvalue weighted by Gasteiger charge is 2.42. The van der Waals surface area contributed by atoms with Gasteiger partial charge in [0.2, 0.25) is 11.8 Å². The fourth-order valence-corrected chi connectivity index (χ4v) is 4.99. The van der Waals surface area contributed by atoms with Crippen LogP contribution in [-0.4, -0.2) is 51.6 Å². The molecule has 0 aliphatic heterocycles. The SMILES string of the molecule is C#Cc1ccccc1C(C(=O)NC(C)CCC)N(C(=O)C(Cc1ccc(O)cc1)NC(=O)OC(C)(C)C)C1CCC1. The van der Waals surface area contributed by atoms with Gasteiger partial charge in [0.25, 0.3) is 0 Å². The van der Waals surface area contributed by atoms with E-state index >= 15 is 0 Å². The quantitative estimate of drug-likeness (QED) is 0.326. The Hall–Kier alpha value is -3.99. The van der Waals surface area contributed by atoms with Gasteiger partial charge >= 0.3 is 6.09 Å². The standard InChI is InChI=1S/C33H43N3O5/c1-7-12-22(3)34-30(38)29(27-16-10-9-13-24(27)8-2)36(25-14-11-15-25)31(39)28(35-32(40)41-33(4,5)6)21-23-17-19-26(37)20-18-23/h2,9-10,13,16-20,22,25,28-29,37H,7,11-12,14-15,21H2,1,3-6H3,(H,34,38)(H,35,40). The lowest BCUT2D eigenvalue weighted by molar-refractivity contribution is -0.147. The molecule has 220 valence electrons. The number of phenolic OH excluding ortho intramolecular Hbond substituents is 1. The third kappa shape index (κ3) is 8.75. The van der Waals surface area contributed by atoms with Crippen molar-refractivity contribution in [3.63, 3.8) is 0 Å². The zero-order valence-electron chi connectivity index (χ0n) is 24.8. The highest BCUT2D eigenvalue weighted by atomic mass is 16.6. The van der Waals surface area contributed by atoms with E-state index in [9.17, 15) is 19.5 Å². The number of aromatic hydroxyl groups is 1. The Bertz CT molecular complexity index is 1240. The molecular weight excluding hydrogens is 518 g/mol. The Kier molecular flexibility index (Phi) is 10.8. The number of hydrogen-bond acceptors (Lipinski definition) is 5. The van der Waals surface area contributed by atoms with Gasteiger partial charge in [-0.1, -0.05) is 49.6 Å². The maximum Gasteiger partial charge on any atom is 0.408 e. The number of ether oxygens (including phenoxy) is 1. The van der Waals surface area contributed by atoms with E-state index in [-0.39, 0.29) is 30.2 Å². The van der Waals surface area contributed by atoms with Crippen molar-refractivity contribution in [3.05, 3.63) is 65.2 Å². The number of carbonyl (C=O) groups is 3. The van der Waals surface area contributed by atoms with Gasteiger partial charge in [0, 0.05) is 24.1 Å². The van der Waals surface area contributed by atoms with Gasteiger partial charge in [-0.2, -0.15) is 0 Å². The highest BCUT2D eigenvalue weighted by Crippen LogP contribution is 2.35. The topological polar surface area (TPSA) is 108 Å². The van der Waals surface area contributed by atoms with Crippen molar-refractivity contribution >= 4 is 17.9 Å². The van der Waals surface area contributed by atoms with E-state index in [1.165, 1.54) is 12.1 Å². The number of carbonyl (C=O) groups excluding carboxylic acids is 3. The van der Waals surface area contributed by atoms with E-state index in [1.807, 2.05) is 19.9 Å². The van der Waals surface area contributed by atoms with Gasteiger partial charge in [-0.15, -0.1) is 6.42 Å². The predicted molar refractivity (Wildman–Crippen MR) is 159 cm³/mol. The molecule has 1 fully saturated rings. The first-order valence-electron chi connectivity index (χ1n) is 14.4. The molecule has 8 nitrogen and oxygen atoms in total. The first-order valence-corrected chi connectivity index (χ1v) is 14.4.